The lowest BCUT2D eigenvalue weighted by molar-refractivity contribution is 0.509. The Morgan fingerprint density at radius 1 is 1.70 bits per heavy atom. The van der Waals surface area contributed by atoms with Crippen molar-refractivity contribution < 1.29 is 0 Å². The van der Waals surface area contributed by atoms with Crippen LogP contribution in [0.15, 0.2) is 12.3 Å². The maximum absolute atomic E-state index is 5.78. The predicted octanol–water partition coefficient (Wildman–Crippen LogP) is 0.690. The highest BCUT2D eigenvalue weighted by molar-refractivity contribution is 5.02. The number of rotatable bonds is 2. The lowest BCUT2D eigenvalue weighted by Crippen LogP contribution is -2.34. The van der Waals surface area contributed by atoms with Crippen molar-refractivity contribution in [3.63, 3.8) is 0 Å². The molecule has 10 heavy (non-hydrogen) atoms. The Bertz CT molecular complexity index is 183. The van der Waals surface area contributed by atoms with Gasteiger partial charge in [0.1, 0.15) is 0 Å². The van der Waals surface area contributed by atoms with Gasteiger partial charge in [-0.15, -0.1) is 0 Å². The van der Waals surface area contributed by atoms with Crippen LogP contribution >= 0.6 is 0 Å². The SMILES string of the molecule is CC(C)(N)Cc1ccn[nH]1. The van der Waals surface area contributed by atoms with Crippen LogP contribution in [0.2, 0.25) is 0 Å². The van der Waals surface area contributed by atoms with Gasteiger partial charge in [0.2, 0.25) is 0 Å². The van der Waals surface area contributed by atoms with Crippen molar-refractivity contribution in [3.8, 4) is 0 Å². The van der Waals surface area contributed by atoms with E-state index in [2.05, 4.69) is 10.2 Å². The van der Waals surface area contributed by atoms with E-state index in [1.807, 2.05) is 19.9 Å². The molecule has 1 aromatic rings. The second kappa shape index (κ2) is 2.42. The molecule has 0 radical (unpaired) electrons. The number of nitrogens with zero attached hydrogens (tertiary/aromatic N) is 1. The molecule has 0 atom stereocenters. The van der Waals surface area contributed by atoms with E-state index in [0.717, 1.165) is 12.1 Å². The Labute approximate surface area is 60.6 Å². The van der Waals surface area contributed by atoms with Gasteiger partial charge in [-0.2, -0.15) is 5.10 Å². The van der Waals surface area contributed by atoms with Gasteiger partial charge in [0.15, 0.2) is 0 Å². The van der Waals surface area contributed by atoms with Crippen LogP contribution in [0.25, 0.3) is 0 Å². The largest absolute Gasteiger partial charge is 0.325 e. The molecule has 0 aromatic carbocycles. The maximum atomic E-state index is 5.78. The van der Waals surface area contributed by atoms with Crippen LogP contribution in [0.1, 0.15) is 19.5 Å². The van der Waals surface area contributed by atoms with E-state index in [-0.39, 0.29) is 5.54 Å². The predicted molar refractivity (Wildman–Crippen MR) is 40.6 cm³/mol. The van der Waals surface area contributed by atoms with Gasteiger partial charge in [0.25, 0.3) is 0 Å². The van der Waals surface area contributed by atoms with Gasteiger partial charge in [-0.25, -0.2) is 0 Å². The Hall–Kier alpha value is -0.830. The molecule has 3 heteroatoms. The number of aromatic nitrogens is 2. The average Bonchev–Trinajstić information content (AvgIpc) is 2.12. The summed E-state index contributed by atoms with van der Waals surface area (Å²) < 4.78 is 0. The first kappa shape index (κ1) is 7.28. The second-order valence-corrected chi connectivity index (χ2v) is 3.25. The molecular formula is C7H13N3. The molecule has 0 saturated carbocycles. The van der Waals surface area contributed by atoms with Crippen LogP contribution in [0.4, 0.5) is 0 Å². The molecule has 1 aromatic heterocycles. The Kier molecular flexibility index (Phi) is 1.76. The molecule has 0 spiro atoms. The molecule has 0 amide bonds. The lowest BCUT2D eigenvalue weighted by Gasteiger charge is -2.16. The van der Waals surface area contributed by atoms with Crippen molar-refractivity contribution in [1.29, 1.82) is 0 Å². The molecule has 0 bridgehead atoms. The summed E-state index contributed by atoms with van der Waals surface area (Å²) in [6.07, 6.45) is 2.58. The fourth-order valence-corrected chi connectivity index (χ4v) is 0.874. The molecule has 0 fully saturated rings. The molecule has 0 aliphatic rings. The van der Waals surface area contributed by atoms with Crippen molar-refractivity contribution in [1.82, 2.24) is 10.2 Å². The third-order valence-electron chi connectivity index (χ3n) is 1.20. The van der Waals surface area contributed by atoms with Crippen LogP contribution < -0.4 is 5.73 Å². The van der Waals surface area contributed by atoms with Crippen LogP contribution in [0.5, 0.6) is 0 Å². The summed E-state index contributed by atoms with van der Waals surface area (Å²) in [7, 11) is 0. The molecule has 56 valence electrons. The summed E-state index contributed by atoms with van der Waals surface area (Å²) in [5.41, 5.74) is 6.72. The maximum Gasteiger partial charge on any atom is 0.0490 e. The minimum absolute atomic E-state index is 0.146. The minimum Gasteiger partial charge on any atom is -0.325 e. The van der Waals surface area contributed by atoms with Crippen LogP contribution in [-0.4, -0.2) is 15.7 Å². The topological polar surface area (TPSA) is 54.7 Å². The van der Waals surface area contributed by atoms with Gasteiger partial charge in [-0.05, 0) is 19.9 Å². The Morgan fingerprint density at radius 3 is 2.80 bits per heavy atom. The molecular weight excluding hydrogens is 126 g/mol. The molecule has 0 aliphatic heterocycles. The average molecular weight is 139 g/mol. The monoisotopic (exact) mass is 139 g/mol. The zero-order valence-corrected chi connectivity index (χ0v) is 6.39. The standard InChI is InChI=1S/C7H13N3/c1-7(2,8)5-6-3-4-9-10-6/h3-4H,5,8H2,1-2H3,(H,9,10). The van der Waals surface area contributed by atoms with E-state index < -0.39 is 0 Å². The molecule has 0 unspecified atom stereocenters. The smallest absolute Gasteiger partial charge is 0.0490 e. The van der Waals surface area contributed by atoms with Crippen LogP contribution in [0, 0.1) is 0 Å². The highest BCUT2D eigenvalue weighted by Gasteiger charge is 2.11. The Balaban J connectivity index is 2.57. The van der Waals surface area contributed by atoms with Gasteiger partial charge in [0, 0.05) is 23.9 Å². The third kappa shape index (κ3) is 2.19. The van der Waals surface area contributed by atoms with E-state index in [1.54, 1.807) is 6.20 Å². The van der Waals surface area contributed by atoms with Gasteiger partial charge < -0.3 is 5.73 Å². The number of aromatic amines is 1. The number of nitrogens with one attached hydrogen (secondary N) is 1. The summed E-state index contributed by atoms with van der Waals surface area (Å²) in [5.74, 6) is 0. The molecule has 0 saturated heterocycles. The zero-order valence-electron chi connectivity index (χ0n) is 6.39. The summed E-state index contributed by atoms with van der Waals surface area (Å²) in [5, 5.41) is 6.69. The van der Waals surface area contributed by atoms with Crippen molar-refractivity contribution >= 4 is 0 Å². The fourth-order valence-electron chi connectivity index (χ4n) is 0.874. The lowest BCUT2D eigenvalue weighted by atomic mass is 10.0. The highest BCUT2D eigenvalue weighted by atomic mass is 15.1. The van der Waals surface area contributed by atoms with E-state index in [9.17, 15) is 0 Å². The molecule has 1 heterocycles. The fraction of sp³-hybridized carbons (Fsp3) is 0.571. The normalized spacial score (nSPS) is 11.9. The van der Waals surface area contributed by atoms with Gasteiger partial charge in [0.05, 0.1) is 0 Å². The third-order valence-corrected chi connectivity index (χ3v) is 1.20. The zero-order chi connectivity index (χ0) is 7.61. The highest BCUT2D eigenvalue weighted by Crippen LogP contribution is 2.05. The van der Waals surface area contributed by atoms with E-state index in [0.29, 0.717) is 0 Å². The van der Waals surface area contributed by atoms with Crippen molar-refractivity contribution in [2.75, 3.05) is 0 Å². The van der Waals surface area contributed by atoms with Crippen molar-refractivity contribution in [2.45, 2.75) is 25.8 Å². The molecule has 3 N–H and O–H groups in total. The summed E-state index contributed by atoms with van der Waals surface area (Å²) in [6, 6.07) is 1.94. The first-order chi connectivity index (χ1) is 4.58. The van der Waals surface area contributed by atoms with Gasteiger partial charge in [-0.1, -0.05) is 0 Å². The van der Waals surface area contributed by atoms with Crippen LogP contribution in [0.3, 0.4) is 0 Å². The van der Waals surface area contributed by atoms with Crippen LogP contribution in [-0.2, 0) is 6.42 Å². The summed E-state index contributed by atoms with van der Waals surface area (Å²) in [4.78, 5) is 0. The number of H-pyrrole nitrogens is 1. The Morgan fingerprint density at radius 2 is 2.40 bits per heavy atom. The first-order valence-corrected chi connectivity index (χ1v) is 3.35. The minimum atomic E-state index is -0.146. The quantitative estimate of drug-likeness (QED) is 0.633. The summed E-state index contributed by atoms with van der Waals surface area (Å²) in [6.45, 7) is 3.99. The summed E-state index contributed by atoms with van der Waals surface area (Å²) >= 11 is 0. The van der Waals surface area contributed by atoms with E-state index in [4.69, 9.17) is 5.73 Å². The van der Waals surface area contributed by atoms with Gasteiger partial charge >= 0.3 is 0 Å². The molecule has 3 nitrogen and oxygen atoms in total. The van der Waals surface area contributed by atoms with Crippen molar-refractivity contribution in [3.05, 3.63) is 18.0 Å². The number of hydrogen-bond acceptors (Lipinski definition) is 2. The van der Waals surface area contributed by atoms with E-state index in [1.165, 1.54) is 0 Å². The number of nitrogens with two attached hydrogens (primary N) is 1. The van der Waals surface area contributed by atoms with E-state index >= 15 is 0 Å². The second-order valence-electron chi connectivity index (χ2n) is 3.25. The molecule has 1 rings (SSSR count). The van der Waals surface area contributed by atoms with Gasteiger partial charge in [-0.3, -0.25) is 5.10 Å². The number of hydrogen-bond donors (Lipinski definition) is 2. The van der Waals surface area contributed by atoms with Crippen molar-refractivity contribution in [2.24, 2.45) is 5.73 Å². The molecule has 0 aliphatic carbocycles. The first-order valence-electron chi connectivity index (χ1n) is 3.35.